The van der Waals surface area contributed by atoms with Gasteiger partial charge in [-0.15, -0.1) is 0 Å². The van der Waals surface area contributed by atoms with E-state index < -0.39 is 0 Å². The molecule has 0 aliphatic heterocycles. The van der Waals surface area contributed by atoms with Gasteiger partial charge in [-0.2, -0.15) is 5.10 Å². The molecule has 4 heteroatoms. The fourth-order valence-corrected chi connectivity index (χ4v) is 1.89. The lowest BCUT2D eigenvalue weighted by Crippen LogP contribution is -1.98. The molecule has 4 nitrogen and oxygen atoms in total. The van der Waals surface area contributed by atoms with Crippen molar-refractivity contribution in [2.75, 3.05) is 6.61 Å². The van der Waals surface area contributed by atoms with Gasteiger partial charge in [0.25, 0.3) is 0 Å². The predicted molar refractivity (Wildman–Crippen MR) is 72.1 cm³/mol. The first-order valence-corrected chi connectivity index (χ1v) is 5.99. The Hall–Kier alpha value is -1.84. The van der Waals surface area contributed by atoms with E-state index in [-0.39, 0.29) is 5.97 Å². The molecule has 1 rings (SSSR count). The van der Waals surface area contributed by atoms with Crippen molar-refractivity contribution in [1.29, 1.82) is 0 Å². The molecule has 0 amide bonds. The molecule has 0 aromatic carbocycles. The first-order valence-electron chi connectivity index (χ1n) is 5.99. The van der Waals surface area contributed by atoms with Gasteiger partial charge >= 0.3 is 5.97 Å². The summed E-state index contributed by atoms with van der Waals surface area (Å²) in [6.07, 6.45) is 5.03. The quantitative estimate of drug-likeness (QED) is 0.467. The highest BCUT2D eigenvalue weighted by Gasteiger charge is 2.09. The average Bonchev–Trinajstić information content (AvgIpc) is 2.53. The second-order valence-corrected chi connectivity index (χ2v) is 4.13. The van der Waals surface area contributed by atoms with Crippen LogP contribution in [-0.2, 0) is 16.6 Å². The number of allylic oxidation sites excluding steroid dienone is 3. The molecule has 0 saturated carbocycles. The molecular formula is C14H20N2O2. The van der Waals surface area contributed by atoms with Gasteiger partial charge in [0.05, 0.1) is 12.3 Å². The summed E-state index contributed by atoms with van der Waals surface area (Å²) in [5, 5.41) is 4.36. The highest BCUT2D eigenvalue weighted by molar-refractivity contribution is 5.83. The maximum atomic E-state index is 11.1. The van der Waals surface area contributed by atoms with Crippen molar-refractivity contribution in [2.24, 2.45) is 7.05 Å². The number of hydrogen-bond donors (Lipinski definition) is 0. The fourth-order valence-electron chi connectivity index (χ4n) is 1.89. The summed E-state index contributed by atoms with van der Waals surface area (Å²) < 4.78 is 6.67. The van der Waals surface area contributed by atoms with Crippen molar-refractivity contribution >= 4 is 11.5 Å². The van der Waals surface area contributed by atoms with Crippen LogP contribution in [0, 0.1) is 13.8 Å². The van der Waals surface area contributed by atoms with Gasteiger partial charge in [-0.25, -0.2) is 4.79 Å². The van der Waals surface area contributed by atoms with Gasteiger partial charge in [0.15, 0.2) is 0 Å². The topological polar surface area (TPSA) is 44.1 Å². The first kappa shape index (κ1) is 14.2. The van der Waals surface area contributed by atoms with Crippen molar-refractivity contribution in [1.82, 2.24) is 9.78 Å². The van der Waals surface area contributed by atoms with Crippen LogP contribution in [0.15, 0.2) is 18.2 Å². The summed E-state index contributed by atoms with van der Waals surface area (Å²) in [6.45, 7) is 8.20. The van der Waals surface area contributed by atoms with Crippen molar-refractivity contribution in [2.45, 2.75) is 27.7 Å². The molecule has 0 aliphatic rings. The number of hydrogen-bond acceptors (Lipinski definition) is 3. The van der Waals surface area contributed by atoms with E-state index in [4.69, 9.17) is 4.74 Å². The van der Waals surface area contributed by atoms with Gasteiger partial charge < -0.3 is 4.74 Å². The van der Waals surface area contributed by atoms with E-state index in [0.717, 1.165) is 22.5 Å². The van der Waals surface area contributed by atoms with Crippen LogP contribution < -0.4 is 0 Å². The van der Waals surface area contributed by atoms with Crippen LogP contribution in [0.1, 0.15) is 30.8 Å². The van der Waals surface area contributed by atoms with Gasteiger partial charge in [-0.3, -0.25) is 4.68 Å². The van der Waals surface area contributed by atoms with E-state index in [1.54, 1.807) is 13.0 Å². The third-order valence-corrected chi connectivity index (χ3v) is 2.77. The average molecular weight is 248 g/mol. The Kier molecular flexibility index (Phi) is 4.89. The molecule has 0 N–H and O–H groups in total. The Morgan fingerprint density at radius 3 is 2.61 bits per heavy atom. The molecular weight excluding hydrogens is 228 g/mol. The van der Waals surface area contributed by atoms with Crippen LogP contribution in [0.25, 0.3) is 5.57 Å². The van der Waals surface area contributed by atoms with Crippen molar-refractivity contribution < 1.29 is 9.53 Å². The summed E-state index contributed by atoms with van der Waals surface area (Å²) in [7, 11) is 1.92. The van der Waals surface area contributed by atoms with Crippen LogP contribution in [0.5, 0.6) is 0 Å². The summed E-state index contributed by atoms with van der Waals surface area (Å²) >= 11 is 0. The molecule has 0 radical (unpaired) electrons. The van der Waals surface area contributed by atoms with Gasteiger partial charge in [0.2, 0.25) is 0 Å². The zero-order chi connectivity index (χ0) is 13.7. The lowest BCUT2D eigenvalue weighted by atomic mass is 10.1. The Morgan fingerprint density at radius 2 is 2.11 bits per heavy atom. The van der Waals surface area contributed by atoms with E-state index in [1.807, 2.05) is 38.6 Å². The minimum absolute atomic E-state index is 0.318. The standard InChI is InChI=1S/C14H20N2O2/c1-6-18-13(17)9-7-8-10(2)14-11(3)15-16(5)12(14)4/h7-9H,6H2,1-5H3. The number of esters is 1. The van der Waals surface area contributed by atoms with Gasteiger partial charge in [-0.05, 0) is 33.3 Å². The smallest absolute Gasteiger partial charge is 0.330 e. The first-order chi connectivity index (χ1) is 8.47. The highest BCUT2D eigenvalue weighted by atomic mass is 16.5. The van der Waals surface area contributed by atoms with Gasteiger partial charge in [0.1, 0.15) is 0 Å². The molecule has 1 heterocycles. The minimum atomic E-state index is -0.318. The molecule has 1 aromatic heterocycles. The maximum absolute atomic E-state index is 11.1. The third-order valence-electron chi connectivity index (χ3n) is 2.77. The van der Waals surface area contributed by atoms with E-state index >= 15 is 0 Å². The zero-order valence-corrected chi connectivity index (χ0v) is 11.7. The summed E-state index contributed by atoms with van der Waals surface area (Å²) in [6, 6.07) is 0. The Bertz CT molecular complexity index is 496. The molecule has 0 saturated heterocycles. The fraction of sp³-hybridized carbons (Fsp3) is 0.429. The molecule has 1 aromatic rings. The Balaban J connectivity index is 2.87. The lowest BCUT2D eigenvalue weighted by Gasteiger charge is -2.01. The second-order valence-electron chi connectivity index (χ2n) is 4.13. The third kappa shape index (κ3) is 3.32. The van der Waals surface area contributed by atoms with Crippen molar-refractivity contribution in [3.8, 4) is 0 Å². The summed E-state index contributed by atoms with van der Waals surface area (Å²) in [5.74, 6) is -0.318. The molecule has 0 unspecified atom stereocenters. The van der Waals surface area contributed by atoms with E-state index in [1.165, 1.54) is 6.08 Å². The number of ether oxygens (including phenoxy) is 1. The number of carbonyl (C=O) groups is 1. The second kappa shape index (κ2) is 6.19. The number of nitrogens with zero attached hydrogens (tertiary/aromatic N) is 2. The maximum Gasteiger partial charge on any atom is 0.330 e. The van der Waals surface area contributed by atoms with Gasteiger partial charge in [0, 0.05) is 24.4 Å². The van der Waals surface area contributed by atoms with Crippen LogP contribution >= 0.6 is 0 Å². The summed E-state index contributed by atoms with van der Waals surface area (Å²) in [4.78, 5) is 11.1. The normalized spacial score (nSPS) is 12.2. The largest absolute Gasteiger partial charge is 0.463 e. The number of rotatable bonds is 4. The molecule has 0 fully saturated rings. The van der Waals surface area contributed by atoms with E-state index in [2.05, 4.69) is 5.10 Å². The van der Waals surface area contributed by atoms with Crippen molar-refractivity contribution in [3.05, 3.63) is 35.2 Å². The number of aromatic nitrogens is 2. The molecule has 18 heavy (non-hydrogen) atoms. The minimum Gasteiger partial charge on any atom is -0.463 e. The Morgan fingerprint density at radius 1 is 1.44 bits per heavy atom. The van der Waals surface area contributed by atoms with E-state index in [9.17, 15) is 4.79 Å². The predicted octanol–water partition coefficient (Wildman–Crippen LogP) is 2.56. The summed E-state index contributed by atoms with van der Waals surface area (Å²) in [5.41, 5.74) is 4.32. The van der Waals surface area contributed by atoms with Crippen LogP contribution in [-0.4, -0.2) is 22.4 Å². The molecule has 0 spiro atoms. The lowest BCUT2D eigenvalue weighted by molar-refractivity contribution is -0.137. The molecule has 0 bridgehead atoms. The molecule has 98 valence electrons. The van der Waals surface area contributed by atoms with Crippen LogP contribution in [0.3, 0.4) is 0 Å². The number of carbonyl (C=O) groups excluding carboxylic acids is 1. The highest BCUT2D eigenvalue weighted by Crippen LogP contribution is 2.21. The van der Waals surface area contributed by atoms with Crippen molar-refractivity contribution in [3.63, 3.8) is 0 Å². The molecule has 0 atom stereocenters. The number of aryl methyl sites for hydroxylation is 2. The van der Waals surface area contributed by atoms with E-state index in [0.29, 0.717) is 6.61 Å². The van der Waals surface area contributed by atoms with Crippen LogP contribution in [0.2, 0.25) is 0 Å². The van der Waals surface area contributed by atoms with Gasteiger partial charge in [-0.1, -0.05) is 12.2 Å². The zero-order valence-electron chi connectivity index (χ0n) is 11.7. The van der Waals surface area contributed by atoms with Crippen LogP contribution in [0.4, 0.5) is 0 Å². The Labute approximate surface area is 108 Å². The SMILES string of the molecule is CCOC(=O)C=CC=C(C)c1c(C)nn(C)c1C. The monoisotopic (exact) mass is 248 g/mol. The molecule has 0 aliphatic carbocycles.